The van der Waals surface area contributed by atoms with Crippen LogP contribution in [0.5, 0.6) is 0 Å². The van der Waals surface area contributed by atoms with Gasteiger partial charge in [-0.05, 0) is 39.3 Å². The van der Waals surface area contributed by atoms with Gasteiger partial charge >= 0.3 is 6.18 Å². The number of piperidine rings is 1. The number of alkyl halides is 3. The highest BCUT2D eigenvalue weighted by Crippen LogP contribution is 2.48. The normalized spacial score (nSPS) is 30.4. The zero-order valence-corrected chi connectivity index (χ0v) is 9.61. The highest BCUT2D eigenvalue weighted by Gasteiger charge is 2.63. The summed E-state index contributed by atoms with van der Waals surface area (Å²) in [5.41, 5.74) is -1.55. The molecular formula is C11H19F3N2. The molecular weight excluding hydrogens is 217 g/mol. The van der Waals surface area contributed by atoms with Crippen LogP contribution in [0.25, 0.3) is 0 Å². The van der Waals surface area contributed by atoms with Gasteiger partial charge in [0.1, 0.15) is 5.54 Å². The molecule has 1 saturated heterocycles. The Bertz CT molecular complexity index is 248. The van der Waals surface area contributed by atoms with Crippen LogP contribution < -0.4 is 5.32 Å². The van der Waals surface area contributed by atoms with Crippen molar-refractivity contribution in [1.29, 1.82) is 0 Å². The third kappa shape index (κ3) is 2.35. The molecule has 1 atom stereocenters. The van der Waals surface area contributed by atoms with E-state index in [-0.39, 0.29) is 18.9 Å². The van der Waals surface area contributed by atoms with Crippen LogP contribution in [0, 0.1) is 0 Å². The van der Waals surface area contributed by atoms with Gasteiger partial charge in [0.2, 0.25) is 0 Å². The standard InChI is InChI=1S/C11H19F3N2/c1-16-7-3-2-4-9(16)8-15-10(5-6-10)11(12,13)14/h9,15H,2-8H2,1H3. The molecule has 0 bridgehead atoms. The second kappa shape index (κ2) is 4.18. The molecule has 0 radical (unpaired) electrons. The van der Waals surface area contributed by atoms with E-state index in [1.54, 1.807) is 0 Å². The summed E-state index contributed by atoms with van der Waals surface area (Å²) < 4.78 is 38.0. The molecule has 2 fully saturated rings. The second-order valence-electron chi connectivity index (χ2n) is 5.09. The van der Waals surface area contributed by atoms with Gasteiger partial charge in [-0.1, -0.05) is 6.42 Å². The summed E-state index contributed by atoms with van der Waals surface area (Å²) in [6, 6.07) is 0.272. The summed E-state index contributed by atoms with van der Waals surface area (Å²) in [5, 5.41) is 2.74. The fourth-order valence-corrected chi connectivity index (χ4v) is 2.40. The molecule has 0 aromatic carbocycles. The van der Waals surface area contributed by atoms with Gasteiger partial charge in [-0.2, -0.15) is 13.2 Å². The Morgan fingerprint density at radius 1 is 1.31 bits per heavy atom. The largest absolute Gasteiger partial charge is 0.406 e. The molecule has 5 heteroatoms. The van der Waals surface area contributed by atoms with Gasteiger partial charge in [0.15, 0.2) is 0 Å². The van der Waals surface area contributed by atoms with Crippen LogP contribution >= 0.6 is 0 Å². The van der Waals surface area contributed by atoms with Crippen molar-refractivity contribution in [2.75, 3.05) is 20.1 Å². The van der Waals surface area contributed by atoms with Crippen LogP contribution in [0.1, 0.15) is 32.1 Å². The Morgan fingerprint density at radius 3 is 2.50 bits per heavy atom. The zero-order valence-electron chi connectivity index (χ0n) is 9.61. The first-order valence-electron chi connectivity index (χ1n) is 5.97. The summed E-state index contributed by atoms with van der Waals surface area (Å²) in [4.78, 5) is 2.17. The Labute approximate surface area is 94.2 Å². The maximum Gasteiger partial charge on any atom is 0.406 e. The molecule has 1 saturated carbocycles. The number of nitrogens with zero attached hydrogens (tertiary/aromatic N) is 1. The lowest BCUT2D eigenvalue weighted by Gasteiger charge is -2.34. The van der Waals surface area contributed by atoms with Crippen LogP contribution in [-0.2, 0) is 0 Å². The molecule has 1 unspecified atom stereocenters. The maximum atomic E-state index is 12.7. The van der Waals surface area contributed by atoms with Crippen molar-refractivity contribution < 1.29 is 13.2 Å². The first-order chi connectivity index (χ1) is 7.45. The average molecular weight is 236 g/mol. The second-order valence-corrected chi connectivity index (χ2v) is 5.09. The molecule has 1 N–H and O–H groups in total. The minimum absolute atomic E-state index is 0.243. The molecule has 1 heterocycles. The SMILES string of the molecule is CN1CCCCC1CNC1(C(F)(F)F)CC1. The molecule has 2 nitrogen and oxygen atoms in total. The lowest BCUT2D eigenvalue weighted by atomic mass is 10.0. The maximum absolute atomic E-state index is 12.7. The van der Waals surface area contributed by atoms with Crippen molar-refractivity contribution in [3.05, 3.63) is 0 Å². The molecule has 0 aromatic heterocycles. The molecule has 1 aliphatic heterocycles. The van der Waals surface area contributed by atoms with E-state index < -0.39 is 11.7 Å². The number of nitrogens with one attached hydrogen (secondary N) is 1. The van der Waals surface area contributed by atoms with E-state index in [0.29, 0.717) is 6.54 Å². The lowest BCUT2D eigenvalue weighted by molar-refractivity contribution is -0.166. The van der Waals surface area contributed by atoms with E-state index in [0.717, 1.165) is 25.8 Å². The van der Waals surface area contributed by atoms with Gasteiger partial charge in [0, 0.05) is 12.6 Å². The molecule has 0 spiro atoms. The fourth-order valence-electron chi connectivity index (χ4n) is 2.40. The van der Waals surface area contributed by atoms with E-state index in [4.69, 9.17) is 0 Å². The van der Waals surface area contributed by atoms with Gasteiger partial charge in [0.25, 0.3) is 0 Å². The van der Waals surface area contributed by atoms with Crippen molar-refractivity contribution in [2.24, 2.45) is 0 Å². The molecule has 0 amide bonds. The highest BCUT2D eigenvalue weighted by molar-refractivity contribution is 5.08. The smallest absolute Gasteiger partial charge is 0.302 e. The Hall–Kier alpha value is -0.290. The van der Waals surface area contributed by atoms with E-state index in [1.165, 1.54) is 0 Å². The molecule has 0 aromatic rings. The number of hydrogen-bond acceptors (Lipinski definition) is 2. The van der Waals surface area contributed by atoms with E-state index in [9.17, 15) is 13.2 Å². The van der Waals surface area contributed by atoms with Gasteiger partial charge in [0.05, 0.1) is 0 Å². The monoisotopic (exact) mass is 236 g/mol. The van der Waals surface area contributed by atoms with Crippen molar-refractivity contribution >= 4 is 0 Å². The number of hydrogen-bond donors (Lipinski definition) is 1. The number of halogens is 3. The minimum atomic E-state index is -4.08. The predicted octanol–water partition coefficient (Wildman–Crippen LogP) is 2.16. The first kappa shape index (κ1) is 12.2. The lowest BCUT2D eigenvalue weighted by Crippen LogP contribution is -2.51. The van der Waals surface area contributed by atoms with Crippen LogP contribution in [0.15, 0.2) is 0 Å². The zero-order chi connectivity index (χ0) is 11.8. The summed E-state index contributed by atoms with van der Waals surface area (Å²) >= 11 is 0. The Balaban J connectivity index is 1.83. The van der Waals surface area contributed by atoms with Gasteiger partial charge in [-0.3, -0.25) is 0 Å². The van der Waals surface area contributed by atoms with E-state index in [2.05, 4.69) is 10.2 Å². The first-order valence-corrected chi connectivity index (χ1v) is 5.97. The van der Waals surface area contributed by atoms with Crippen LogP contribution in [0.4, 0.5) is 13.2 Å². The van der Waals surface area contributed by atoms with Crippen LogP contribution in [-0.4, -0.2) is 42.8 Å². The van der Waals surface area contributed by atoms with Crippen LogP contribution in [0.2, 0.25) is 0 Å². The molecule has 16 heavy (non-hydrogen) atoms. The highest BCUT2D eigenvalue weighted by atomic mass is 19.4. The van der Waals surface area contributed by atoms with Crippen molar-refractivity contribution in [3.63, 3.8) is 0 Å². The van der Waals surface area contributed by atoms with Crippen molar-refractivity contribution in [2.45, 2.75) is 49.9 Å². The third-order valence-electron chi connectivity index (χ3n) is 3.89. The van der Waals surface area contributed by atoms with Gasteiger partial charge in [-0.15, -0.1) is 0 Å². The molecule has 2 aliphatic rings. The Kier molecular flexibility index (Phi) is 3.18. The van der Waals surface area contributed by atoms with E-state index >= 15 is 0 Å². The quantitative estimate of drug-likeness (QED) is 0.807. The van der Waals surface area contributed by atoms with Gasteiger partial charge in [-0.25, -0.2) is 0 Å². The van der Waals surface area contributed by atoms with Crippen molar-refractivity contribution in [3.8, 4) is 0 Å². The molecule has 1 aliphatic carbocycles. The number of rotatable bonds is 3. The average Bonchev–Trinajstić information content (AvgIpc) is 2.96. The minimum Gasteiger partial charge on any atom is -0.302 e. The van der Waals surface area contributed by atoms with Gasteiger partial charge < -0.3 is 10.2 Å². The summed E-state index contributed by atoms with van der Waals surface area (Å²) in [7, 11) is 2.00. The summed E-state index contributed by atoms with van der Waals surface area (Å²) in [6.07, 6.45) is -0.287. The Morgan fingerprint density at radius 2 is 2.00 bits per heavy atom. The van der Waals surface area contributed by atoms with Crippen LogP contribution in [0.3, 0.4) is 0 Å². The summed E-state index contributed by atoms with van der Waals surface area (Å²) in [6.45, 7) is 1.47. The fraction of sp³-hybridized carbons (Fsp3) is 1.00. The summed E-state index contributed by atoms with van der Waals surface area (Å²) in [5.74, 6) is 0. The molecule has 2 rings (SSSR count). The third-order valence-corrected chi connectivity index (χ3v) is 3.89. The number of likely N-dealkylation sites (tertiary alicyclic amines) is 1. The predicted molar refractivity (Wildman–Crippen MR) is 56.3 cm³/mol. The van der Waals surface area contributed by atoms with E-state index in [1.807, 2.05) is 7.05 Å². The topological polar surface area (TPSA) is 15.3 Å². The van der Waals surface area contributed by atoms with Crippen molar-refractivity contribution in [1.82, 2.24) is 10.2 Å². The number of likely N-dealkylation sites (N-methyl/N-ethyl adjacent to an activating group) is 1. The molecule has 94 valence electrons.